The van der Waals surface area contributed by atoms with Crippen LogP contribution in [-0.2, 0) is 14.4 Å². The molecule has 0 atom stereocenters. The standard InChI is InChI=1S/C16H18N4O4/c1-11(21)20-10-15(23)18-6-7-19-16(24)13(9-17)8-12-2-4-14(22)5-3-12/h2-5,8,22H,6-7,10H2,1H3,(H,18,23)(H,19,24)(H,20,21)/b13-8+. The van der Waals surface area contributed by atoms with Crippen LogP contribution in [0.2, 0.25) is 0 Å². The molecule has 0 aliphatic carbocycles. The zero-order valence-corrected chi connectivity index (χ0v) is 13.1. The van der Waals surface area contributed by atoms with Crippen LogP contribution in [-0.4, -0.2) is 42.5 Å². The summed E-state index contributed by atoms with van der Waals surface area (Å²) in [6.07, 6.45) is 1.39. The van der Waals surface area contributed by atoms with Crippen molar-refractivity contribution in [1.29, 1.82) is 5.26 Å². The fourth-order valence-electron chi connectivity index (χ4n) is 1.63. The first-order chi connectivity index (χ1) is 11.4. The molecule has 0 bridgehead atoms. The van der Waals surface area contributed by atoms with Gasteiger partial charge >= 0.3 is 0 Å². The Hall–Kier alpha value is -3.34. The Morgan fingerprint density at radius 1 is 1.12 bits per heavy atom. The number of nitrogens with one attached hydrogen (secondary N) is 3. The summed E-state index contributed by atoms with van der Waals surface area (Å²) < 4.78 is 0. The molecule has 0 spiro atoms. The van der Waals surface area contributed by atoms with Crippen molar-refractivity contribution in [3.05, 3.63) is 35.4 Å². The smallest absolute Gasteiger partial charge is 0.262 e. The maximum Gasteiger partial charge on any atom is 0.262 e. The molecule has 126 valence electrons. The Kier molecular flexibility index (Phi) is 7.51. The van der Waals surface area contributed by atoms with Gasteiger partial charge in [0.1, 0.15) is 17.4 Å². The number of nitrogens with zero attached hydrogens (tertiary/aromatic N) is 1. The molecule has 0 unspecified atom stereocenters. The number of amides is 3. The highest BCUT2D eigenvalue weighted by Crippen LogP contribution is 2.12. The third kappa shape index (κ3) is 7.09. The van der Waals surface area contributed by atoms with Crippen LogP contribution < -0.4 is 16.0 Å². The number of aromatic hydroxyl groups is 1. The summed E-state index contributed by atoms with van der Waals surface area (Å²) in [5, 5.41) is 25.6. The van der Waals surface area contributed by atoms with Gasteiger partial charge < -0.3 is 21.1 Å². The highest BCUT2D eigenvalue weighted by molar-refractivity contribution is 6.01. The molecule has 0 fully saturated rings. The largest absolute Gasteiger partial charge is 0.508 e. The first kappa shape index (κ1) is 18.7. The van der Waals surface area contributed by atoms with Gasteiger partial charge in [-0.25, -0.2) is 0 Å². The van der Waals surface area contributed by atoms with E-state index in [0.29, 0.717) is 5.56 Å². The Labute approximate surface area is 139 Å². The molecule has 4 N–H and O–H groups in total. The molecule has 0 saturated carbocycles. The van der Waals surface area contributed by atoms with Gasteiger partial charge in [-0.15, -0.1) is 0 Å². The van der Waals surface area contributed by atoms with E-state index in [9.17, 15) is 19.5 Å². The molecule has 0 saturated heterocycles. The topological polar surface area (TPSA) is 131 Å². The second-order valence-corrected chi connectivity index (χ2v) is 4.78. The van der Waals surface area contributed by atoms with E-state index in [1.807, 2.05) is 0 Å². The van der Waals surface area contributed by atoms with Crippen LogP contribution in [0.3, 0.4) is 0 Å². The van der Waals surface area contributed by atoms with E-state index in [4.69, 9.17) is 5.26 Å². The van der Waals surface area contributed by atoms with Crippen LogP contribution in [0.15, 0.2) is 29.8 Å². The minimum atomic E-state index is -0.568. The molecule has 1 aromatic carbocycles. The normalized spacial score (nSPS) is 10.4. The zero-order chi connectivity index (χ0) is 17.9. The molecule has 24 heavy (non-hydrogen) atoms. The van der Waals surface area contributed by atoms with E-state index in [1.165, 1.54) is 25.1 Å². The van der Waals surface area contributed by atoms with Gasteiger partial charge in [0.05, 0.1) is 6.54 Å². The molecule has 0 aliphatic heterocycles. The molecule has 8 nitrogen and oxygen atoms in total. The Balaban J connectivity index is 2.43. The second kappa shape index (κ2) is 9.63. The number of carbonyl (C=O) groups excluding carboxylic acids is 3. The highest BCUT2D eigenvalue weighted by atomic mass is 16.3. The molecule has 1 rings (SSSR count). The Morgan fingerprint density at radius 2 is 1.75 bits per heavy atom. The zero-order valence-electron chi connectivity index (χ0n) is 13.1. The van der Waals surface area contributed by atoms with E-state index in [2.05, 4.69) is 16.0 Å². The minimum Gasteiger partial charge on any atom is -0.508 e. The number of carbonyl (C=O) groups is 3. The summed E-state index contributed by atoms with van der Waals surface area (Å²) >= 11 is 0. The first-order valence-electron chi connectivity index (χ1n) is 7.12. The van der Waals surface area contributed by atoms with Gasteiger partial charge in [0.15, 0.2) is 0 Å². The van der Waals surface area contributed by atoms with Crippen molar-refractivity contribution in [2.24, 2.45) is 0 Å². The lowest BCUT2D eigenvalue weighted by molar-refractivity contribution is -0.125. The van der Waals surface area contributed by atoms with Crippen molar-refractivity contribution in [3.8, 4) is 11.8 Å². The van der Waals surface area contributed by atoms with Gasteiger partial charge in [-0.05, 0) is 23.8 Å². The molecule has 3 amide bonds. The van der Waals surface area contributed by atoms with Crippen LogP contribution in [0.1, 0.15) is 12.5 Å². The summed E-state index contributed by atoms with van der Waals surface area (Å²) in [7, 11) is 0. The summed E-state index contributed by atoms with van der Waals surface area (Å²) in [5.41, 5.74) is 0.508. The van der Waals surface area contributed by atoms with E-state index in [0.717, 1.165) is 0 Å². The minimum absolute atomic E-state index is 0.0881. The molecule has 0 aromatic heterocycles. The third-order valence-corrected chi connectivity index (χ3v) is 2.80. The summed E-state index contributed by atoms with van der Waals surface area (Å²) in [4.78, 5) is 33.9. The van der Waals surface area contributed by atoms with Crippen molar-refractivity contribution in [2.75, 3.05) is 19.6 Å². The molecular formula is C16H18N4O4. The van der Waals surface area contributed by atoms with Crippen LogP contribution >= 0.6 is 0 Å². The lowest BCUT2D eigenvalue weighted by atomic mass is 10.1. The molecular weight excluding hydrogens is 312 g/mol. The number of hydrogen-bond acceptors (Lipinski definition) is 5. The van der Waals surface area contributed by atoms with Crippen molar-refractivity contribution < 1.29 is 19.5 Å². The van der Waals surface area contributed by atoms with Crippen molar-refractivity contribution in [1.82, 2.24) is 16.0 Å². The average Bonchev–Trinajstić information content (AvgIpc) is 2.56. The predicted molar refractivity (Wildman–Crippen MR) is 86.4 cm³/mol. The number of hydrogen-bond donors (Lipinski definition) is 4. The molecule has 0 radical (unpaired) electrons. The van der Waals surface area contributed by atoms with Crippen molar-refractivity contribution in [2.45, 2.75) is 6.92 Å². The Morgan fingerprint density at radius 3 is 2.33 bits per heavy atom. The van der Waals surface area contributed by atoms with Gasteiger partial charge in [-0.3, -0.25) is 14.4 Å². The lowest BCUT2D eigenvalue weighted by Crippen LogP contribution is -2.40. The lowest BCUT2D eigenvalue weighted by Gasteiger charge is -2.07. The van der Waals surface area contributed by atoms with Crippen LogP contribution in [0.4, 0.5) is 0 Å². The first-order valence-corrected chi connectivity index (χ1v) is 7.12. The van der Waals surface area contributed by atoms with E-state index in [-0.39, 0.29) is 42.8 Å². The Bertz CT molecular complexity index is 674. The number of nitriles is 1. The average molecular weight is 330 g/mol. The molecule has 8 heteroatoms. The van der Waals surface area contributed by atoms with E-state index < -0.39 is 5.91 Å². The quantitative estimate of drug-likeness (QED) is 0.309. The summed E-state index contributed by atoms with van der Waals surface area (Å²) in [6, 6.07) is 7.84. The summed E-state index contributed by atoms with van der Waals surface area (Å²) in [5.74, 6) is -1.16. The van der Waals surface area contributed by atoms with Crippen molar-refractivity contribution >= 4 is 23.8 Å². The van der Waals surface area contributed by atoms with Crippen LogP contribution in [0.5, 0.6) is 5.75 Å². The van der Waals surface area contributed by atoms with Gasteiger partial charge in [0.2, 0.25) is 11.8 Å². The van der Waals surface area contributed by atoms with E-state index >= 15 is 0 Å². The fraction of sp³-hybridized carbons (Fsp3) is 0.250. The molecule has 1 aromatic rings. The van der Waals surface area contributed by atoms with Gasteiger partial charge in [0.25, 0.3) is 5.91 Å². The van der Waals surface area contributed by atoms with Crippen LogP contribution in [0, 0.1) is 11.3 Å². The predicted octanol–water partition coefficient (Wildman–Crippen LogP) is -0.332. The van der Waals surface area contributed by atoms with E-state index in [1.54, 1.807) is 18.2 Å². The maximum absolute atomic E-state index is 11.9. The monoisotopic (exact) mass is 330 g/mol. The highest BCUT2D eigenvalue weighted by Gasteiger charge is 2.08. The van der Waals surface area contributed by atoms with Gasteiger partial charge in [0, 0.05) is 20.0 Å². The molecule has 0 aliphatic rings. The third-order valence-electron chi connectivity index (χ3n) is 2.80. The number of rotatable bonds is 7. The summed E-state index contributed by atoms with van der Waals surface area (Å²) in [6.45, 7) is 1.48. The number of phenolic OH excluding ortho intramolecular Hbond substituents is 1. The van der Waals surface area contributed by atoms with Gasteiger partial charge in [-0.1, -0.05) is 12.1 Å². The van der Waals surface area contributed by atoms with Gasteiger partial charge in [-0.2, -0.15) is 5.26 Å². The maximum atomic E-state index is 11.9. The fourth-order valence-corrected chi connectivity index (χ4v) is 1.63. The van der Waals surface area contributed by atoms with Crippen molar-refractivity contribution in [3.63, 3.8) is 0 Å². The molecule has 0 heterocycles. The number of benzene rings is 1. The van der Waals surface area contributed by atoms with Crippen LogP contribution in [0.25, 0.3) is 6.08 Å². The SMILES string of the molecule is CC(=O)NCC(=O)NCCNC(=O)/C(C#N)=C/c1ccc(O)cc1. The second-order valence-electron chi connectivity index (χ2n) is 4.78. The number of phenols is 1.